The summed E-state index contributed by atoms with van der Waals surface area (Å²) in [6.45, 7) is 8.17. The van der Waals surface area contributed by atoms with Crippen molar-refractivity contribution in [3.8, 4) is 0 Å². The quantitative estimate of drug-likeness (QED) is 0.592. The molecule has 1 aromatic rings. The molecule has 0 atom stereocenters. The van der Waals surface area contributed by atoms with Crippen LogP contribution in [0.15, 0.2) is 30.4 Å². The van der Waals surface area contributed by atoms with E-state index in [2.05, 4.69) is 24.1 Å². The van der Waals surface area contributed by atoms with E-state index in [1.165, 1.54) is 0 Å². The number of carboxylic acid groups (broad SMARTS) is 2. The molecular formula is C20H28ClFN2O4. The minimum atomic E-state index is -1.26. The van der Waals surface area contributed by atoms with Crippen molar-refractivity contribution in [1.82, 2.24) is 10.2 Å². The van der Waals surface area contributed by atoms with Crippen LogP contribution in [0, 0.1) is 11.7 Å². The van der Waals surface area contributed by atoms with Crippen LogP contribution in [0.1, 0.15) is 32.3 Å². The molecule has 6 nitrogen and oxygen atoms in total. The first kappa shape index (κ1) is 24.1. The highest BCUT2D eigenvalue weighted by Crippen LogP contribution is 2.22. The lowest BCUT2D eigenvalue weighted by Gasteiger charge is -2.36. The van der Waals surface area contributed by atoms with Gasteiger partial charge in [-0.2, -0.15) is 0 Å². The minimum Gasteiger partial charge on any atom is -0.478 e. The number of hydrogen-bond donors (Lipinski definition) is 3. The Kier molecular flexibility index (Phi) is 10.7. The highest BCUT2D eigenvalue weighted by Gasteiger charge is 2.23. The average Bonchev–Trinajstić information content (AvgIpc) is 2.64. The van der Waals surface area contributed by atoms with E-state index in [0.29, 0.717) is 36.2 Å². The van der Waals surface area contributed by atoms with Crippen molar-refractivity contribution in [2.75, 3.05) is 19.6 Å². The van der Waals surface area contributed by atoms with Crippen LogP contribution in [0.4, 0.5) is 4.39 Å². The highest BCUT2D eigenvalue weighted by atomic mass is 35.5. The Hall–Kier alpha value is -1.96. The van der Waals surface area contributed by atoms with Gasteiger partial charge in [-0.05, 0) is 37.9 Å². The van der Waals surface area contributed by atoms with Gasteiger partial charge in [0.15, 0.2) is 0 Å². The van der Waals surface area contributed by atoms with Gasteiger partial charge in [0.2, 0.25) is 0 Å². The normalized spacial score (nSPS) is 14.9. The second kappa shape index (κ2) is 12.5. The van der Waals surface area contributed by atoms with Crippen molar-refractivity contribution in [3.63, 3.8) is 0 Å². The van der Waals surface area contributed by atoms with Gasteiger partial charge >= 0.3 is 11.9 Å². The Morgan fingerprint density at radius 2 is 1.82 bits per heavy atom. The number of halogens is 2. The minimum absolute atomic E-state index is 0.220. The molecule has 28 heavy (non-hydrogen) atoms. The number of aliphatic carboxylic acids is 2. The van der Waals surface area contributed by atoms with Crippen LogP contribution >= 0.6 is 11.6 Å². The summed E-state index contributed by atoms with van der Waals surface area (Å²) in [5.41, 5.74) is 0.705. The van der Waals surface area contributed by atoms with Crippen LogP contribution in [-0.4, -0.2) is 52.7 Å². The van der Waals surface area contributed by atoms with Crippen LogP contribution in [0.5, 0.6) is 0 Å². The Balaban J connectivity index is 0.000000416. The summed E-state index contributed by atoms with van der Waals surface area (Å²) in [5, 5.41) is 19.2. The molecule has 0 aromatic heterocycles. The summed E-state index contributed by atoms with van der Waals surface area (Å²) in [6.07, 6.45) is 3.38. The standard InChI is InChI=1S/C16H24ClFN2.C4H4O4/c1-12(2)10-20(14-6-8-19-9-7-14)11-13-4-3-5-15(17)16(13)18;5-3(6)1-2-4(7)8/h3-5,12,14,19H,6-11H2,1-2H3;1-2H,(H,5,6)(H,7,8). The van der Waals surface area contributed by atoms with E-state index in [-0.39, 0.29) is 10.8 Å². The highest BCUT2D eigenvalue weighted by molar-refractivity contribution is 6.30. The van der Waals surface area contributed by atoms with Gasteiger partial charge in [-0.1, -0.05) is 37.6 Å². The fourth-order valence-corrected chi connectivity index (χ4v) is 3.21. The molecule has 0 saturated carbocycles. The zero-order chi connectivity index (χ0) is 21.1. The molecule has 1 aliphatic rings. The Morgan fingerprint density at radius 3 is 2.32 bits per heavy atom. The van der Waals surface area contributed by atoms with Gasteiger partial charge in [0.1, 0.15) is 5.82 Å². The maximum atomic E-state index is 14.1. The smallest absolute Gasteiger partial charge is 0.328 e. The van der Waals surface area contributed by atoms with E-state index in [9.17, 15) is 14.0 Å². The number of rotatable bonds is 7. The largest absolute Gasteiger partial charge is 0.478 e. The summed E-state index contributed by atoms with van der Waals surface area (Å²) >= 11 is 5.89. The van der Waals surface area contributed by atoms with E-state index >= 15 is 0 Å². The van der Waals surface area contributed by atoms with Crippen LogP contribution in [0.25, 0.3) is 0 Å². The molecule has 0 bridgehead atoms. The van der Waals surface area contributed by atoms with Crippen LogP contribution in [0.2, 0.25) is 5.02 Å². The van der Waals surface area contributed by atoms with Crippen molar-refractivity contribution in [2.45, 2.75) is 39.3 Å². The molecule has 2 rings (SSSR count). The maximum absolute atomic E-state index is 14.1. The third kappa shape index (κ3) is 9.30. The first-order chi connectivity index (χ1) is 13.2. The molecule has 0 aliphatic carbocycles. The molecular weight excluding hydrogens is 387 g/mol. The number of nitrogens with one attached hydrogen (secondary N) is 1. The number of nitrogens with zero attached hydrogens (tertiary/aromatic N) is 1. The van der Waals surface area contributed by atoms with Crippen LogP contribution in [0.3, 0.4) is 0 Å². The lowest BCUT2D eigenvalue weighted by Crippen LogP contribution is -2.44. The predicted octanol–water partition coefficient (Wildman–Crippen LogP) is 3.40. The molecule has 156 valence electrons. The van der Waals surface area contributed by atoms with E-state index in [1.54, 1.807) is 6.07 Å². The van der Waals surface area contributed by atoms with Crippen molar-refractivity contribution >= 4 is 23.5 Å². The molecule has 0 amide bonds. The predicted molar refractivity (Wildman–Crippen MR) is 107 cm³/mol. The lowest BCUT2D eigenvalue weighted by molar-refractivity contribution is -0.134. The van der Waals surface area contributed by atoms with Gasteiger partial charge in [0.25, 0.3) is 0 Å². The molecule has 1 fully saturated rings. The first-order valence-electron chi connectivity index (χ1n) is 9.22. The molecule has 0 unspecified atom stereocenters. The van der Waals surface area contributed by atoms with Gasteiger partial charge in [-0.3, -0.25) is 4.90 Å². The zero-order valence-electron chi connectivity index (χ0n) is 16.2. The number of hydrogen-bond acceptors (Lipinski definition) is 4. The molecule has 1 aromatic carbocycles. The second-order valence-electron chi connectivity index (χ2n) is 7.03. The fraction of sp³-hybridized carbons (Fsp3) is 0.500. The first-order valence-corrected chi connectivity index (χ1v) is 9.60. The van der Waals surface area contributed by atoms with Gasteiger partial charge < -0.3 is 15.5 Å². The lowest BCUT2D eigenvalue weighted by atomic mass is 10.0. The van der Waals surface area contributed by atoms with E-state index < -0.39 is 11.9 Å². The maximum Gasteiger partial charge on any atom is 0.328 e. The summed E-state index contributed by atoms with van der Waals surface area (Å²) in [6, 6.07) is 5.82. The molecule has 1 heterocycles. The van der Waals surface area contributed by atoms with Crippen molar-refractivity contribution in [3.05, 3.63) is 46.8 Å². The zero-order valence-corrected chi connectivity index (χ0v) is 17.0. The number of piperidine rings is 1. The Bertz CT molecular complexity index is 660. The molecule has 8 heteroatoms. The summed E-state index contributed by atoms with van der Waals surface area (Å²) in [4.78, 5) is 21.5. The van der Waals surface area contributed by atoms with Crippen molar-refractivity contribution in [2.24, 2.45) is 5.92 Å². The number of carbonyl (C=O) groups is 2. The number of carboxylic acids is 2. The summed E-state index contributed by atoms with van der Waals surface area (Å²) < 4.78 is 14.1. The Labute approximate surface area is 170 Å². The second-order valence-corrected chi connectivity index (χ2v) is 7.43. The SMILES string of the molecule is CC(C)CN(Cc1cccc(Cl)c1F)C1CCNCC1.O=C(O)C=CC(=O)O. The van der Waals surface area contributed by atoms with Crippen molar-refractivity contribution in [1.29, 1.82) is 0 Å². The third-order valence-corrected chi connectivity index (χ3v) is 4.49. The van der Waals surface area contributed by atoms with Gasteiger partial charge in [0.05, 0.1) is 5.02 Å². The Morgan fingerprint density at radius 1 is 1.25 bits per heavy atom. The van der Waals surface area contributed by atoms with Crippen LogP contribution in [-0.2, 0) is 16.1 Å². The molecule has 3 N–H and O–H groups in total. The molecule has 1 aliphatic heterocycles. The van der Waals surface area contributed by atoms with Gasteiger partial charge in [-0.15, -0.1) is 0 Å². The topological polar surface area (TPSA) is 89.9 Å². The average molecular weight is 415 g/mol. The van der Waals surface area contributed by atoms with E-state index in [1.807, 2.05) is 12.1 Å². The third-order valence-electron chi connectivity index (χ3n) is 4.20. The van der Waals surface area contributed by atoms with E-state index in [4.69, 9.17) is 21.8 Å². The number of benzene rings is 1. The fourth-order valence-electron chi connectivity index (χ4n) is 3.02. The summed E-state index contributed by atoms with van der Waals surface area (Å²) in [7, 11) is 0. The monoisotopic (exact) mass is 414 g/mol. The van der Waals surface area contributed by atoms with E-state index in [0.717, 1.165) is 32.5 Å². The summed E-state index contributed by atoms with van der Waals surface area (Å²) in [5.74, 6) is -2.20. The van der Waals surface area contributed by atoms with Crippen LogP contribution < -0.4 is 5.32 Å². The van der Waals surface area contributed by atoms with Gasteiger partial charge in [-0.25, -0.2) is 14.0 Å². The molecule has 0 spiro atoms. The van der Waals surface area contributed by atoms with Gasteiger partial charge in [0, 0.05) is 36.8 Å². The van der Waals surface area contributed by atoms with Crippen molar-refractivity contribution < 1.29 is 24.2 Å². The molecule has 0 radical (unpaired) electrons. The molecule has 1 saturated heterocycles.